The minimum Gasteiger partial charge on any atom is -0.368 e. The van der Waals surface area contributed by atoms with Gasteiger partial charge in [0.15, 0.2) is 5.96 Å². The summed E-state index contributed by atoms with van der Waals surface area (Å²) in [6.07, 6.45) is 3.92. The van der Waals surface area contributed by atoms with Crippen molar-refractivity contribution in [3.05, 3.63) is 35.9 Å². The lowest BCUT2D eigenvalue weighted by Crippen LogP contribution is -2.44. The third-order valence-electron chi connectivity index (χ3n) is 4.04. The molecule has 2 atom stereocenters. The number of benzene rings is 1. The average Bonchev–Trinajstić information content (AvgIpc) is 2.96. The largest absolute Gasteiger partial charge is 0.368 e. The van der Waals surface area contributed by atoms with Gasteiger partial charge in [-0.15, -0.1) is 0 Å². The van der Waals surface area contributed by atoms with Crippen LogP contribution in [0.2, 0.25) is 0 Å². The smallest absolute Gasteiger partial charge is 0.193 e. The first-order valence-corrected chi connectivity index (χ1v) is 7.53. The molecule has 1 N–H and O–H groups in total. The van der Waals surface area contributed by atoms with E-state index in [1.807, 2.05) is 0 Å². The monoisotopic (exact) mass is 273 g/mol. The van der Waals surface area contributed by atoms with Crippen molar-refractivity contribution < 1.29 is 4.74 Å². The number of ether oxygens (including phenoxy) is 1. The Kier molecular flexibility index (Phi) is 4.21. The van der Waals surface area contributed by atoms with Gasteiger partial charge in [0.2, 0.25) is 0 Å². The lowest BCUT2D eigenvalue weighted by molar-refractivity contribution is 0.0470. The summed E-state index contributed by atoms with van der Waals surface area (Å²) in [6.45, 7) is 2.88. The van der Waals surface area contributed by atoms with E-state index in [-0.39, 0.29) is 6.10 Å². The van der Waals surface area contributed by atoms with E-state index in [1.54, 1.807) is 0 Å². The number of aliphatic imine (C=N–C) groups is 1. The van der Waals surface area contributed by atoms with Crippen molar-refractivity contribution in [2.75, 3.05) is 26.7 Å². The van der Waals surface area contributed by atoms with Gasteiger partial charge >= 0.3 is 0 Å². The number of hydrogen-bond acceptors (Lipinski definition) is 4. The van der Waals surface area contributed by atoms with E-state index >= 15 is 0 Å². The molecule has 0 aromatic heterocycles. The molecule has 2 aliphatic heterocycles. The molecule has 1 aromatic carbocycles. The molecule has 1 saturated heterocycles. The quantitative estimate of drug-likeness (QED) is 0.917. The van der Waals surface area contributed by atoms with Crippen LogP contribution in [0.4, 0.5) is 0 Å². The zero-order chi connectivity index (χ0) is 13.8. The van der Waals surface area contributed by atoms with E-state index in [9.17, 15) is 0 Å². The predicted molar refractivity (Wildman–Crippen MR) is 80.8 cm³/mol. The van der Waals surface area contributed by atoms with Crippen LogP contribution in [-0.2, 0) is 4.74 Å². The van der Waals surface area contributed by atoms with Gasteiger partial charge in [-0.05, 0) is 24.8 Å². The van der Waals surface area contributed by atoms with Crippen molar-refractivity contribution >= 4 is 5.96 Å². The average molecular weight is 273 g/mol. The van der Waals surface area contributed by atoms with Gasteiger partial charge in [-0.25, -0.2) is 0 Å². The summed E-state index contributed by atoms with van der Waals surface area (Å²) in [4.78, 5) is 6.71. The minimum atomic E-state index is 0.258. The predicted octanol–water partition coefficient (Wildman–Crippen LogP) is 2.19. The van der Waals surface area contributed by atoms with E-state index in [4.69, 9.17) is 4.74 Å². The van der Waals surface area contributed by atoms with Crippen LogP contribution >= 0.6 is 0 Å². The SMILES string of the molecule is CN1CCCN=C1NC[C@H]1CC[C@@H](c2ccccc2)O1. The van der Waals surface area contributed by atoms with Crippen molar-refractivity contribution in [2.24, 2.45) is 4.99 Å². The van der Waals surface area contributed by atoms with Crippen molar-refractivity contribution in [1.29, 1.82) is 0 Å². The Morgan fingerprint density at radius 2 is 2.15 bits per heavy atom. The van der Waals surface area contributed by atoms with Gasteiger partial charge < -0.3 is 15.0 Å². The fourth-order valence-corrected chi connectivity index (χ4v) is 2.88. The molecule has 0 spiro atoms. The summed E-state index contributed by atoms with van der Waals surface area (Å²) in [5.41, 5.74) is 1.29. The normalized spacial score (nSPS) is 26.4. The van der Waals surface area contributed by atoms with Gasteiger partial charge in [-0.3, -0.25) is 4.99 Å². The molecule has 0 amide bonds. The Morgan fingerprint density at radius 1 is 1.30 bits per heavy atom. The van der Waals surface area contributed by atoms with Crippen LogP contribution in [0.1, 0.15) is 30.9 Å². The van der Waals surface area contributed by atoms with Crippen molar-refractivity contribution in [2.45, 2.75) is 31.5 Å². The summed E-state index contributed by atoms with van der Waals surface area (Å²) in [6, 6.07) is 10.5. The van der Waals surface area contributed by atoms with Gasteiger partial charge in [0, 0.05) is 26.7 Å². The second-order valence-corrected chi connectivity index (χ2v) is 5.60. The molecule has 1 fully saturated rings. The molecule has 4 heteroatoms. The molecule has 2 heterocycles. The van der Waals surface area contributed by atoms with Gasteiger partial charge in [0.05, 0.1) is 12.2 Å². The van der Waals surface area contributed by atoms with Crippen molar-refractivity contribution in [3.8, 4) is 0 Å². The van der Waals surface area contributed by atoms with Crippen LogP contribution in [0.3, 0.4) is 0 Å². The van der Waals surface area contributed by atoms with E-state index in [0.717, 1.165) is 44.9 Å². The second-order valence-electron chi connectivity index (χ2n) is 5.60. The fraction of sp³-hybridized carbons (Fsp3) is 0.562. The molecule has 0 unspecified atom stereocenters. The van der Waals surface area contributed by atoms with Crippen molar-refractivity contribution in [3.63, 3.8) is 0 Å². The summed E-state index contributed by atoms with van der Waals surface area (Å²) in [5.74, 6) is 1.02. The summed E-state index contributed by atoms with van der Waals surface area (Å²) >= 11 is 0. The molecule has 2 aliphatic rings. The lowest BCUT2D eigenvalue weighted by atomic mass is 10.1. The van der Waals surface area contributed by atoms with Gasteiger partial charge in [-0.1, -0.05) is 30.3 Å². The van der Waals surface area contributed by atoms with Gasteiger partial charge in [0.1, 0.15) is 0 Å². The van der Waals surface area contributed by atoms with E-state index in [2.05, 4.69) is 52.6 Å². The minimum absolute atomic E-state index is 0.258. The van der Waals surface area contributed by atoms with Gasteiger partial charge in [0.25, 0.3) is 0 Å². The first-order chi connectivity index (χ1) is 9.83. The van der Waals surface area contributed by atoms with E-state index < -0.39 is 0 Å². The maximum Gasteiger partial charge on any atom is 0.193 e. The van der Waals surface area contributed by atoms with Gasteiger partial charge in [-0.2, -0.15) is 0 Å². The zero-order valence-corrected chi connectivity index (χ0v) is 12.1. The molecular weight excluding hydrogens is 250 g/mol. The number of rotatable bonds is 3. The molecular formula is C16H23N3O. The van der Waals surface area contributed by atoms with Crippen LogP contribution in [-0.4, -0.2) is 43.6 Å². The number of guanidine groups is 1. The first kappa shape index (κ1) is 13.4. The van der Waals surface area contributed by atoms with E-state index in [0.29, 0.717) is 6.10 Å². The Morgan fingerprint density at radius 3 is 2.95 bits per heavy atom. The second kappa shape index (κ2) is 6.27. The topological polar surface area (TPSA) is 36.9 Å². The zero-order valence-electron chi connectivity index (χ0n) is 12.1. The molecule has 20 heavy (non-hydrogen) atoms. The summed E-state index contributed by atoms with van der Waals surface area (Å²) in [7, 11) is 2.09. The number of hydrogen-bond donors (Lipinski definition) is 1. The highest BCUT2D eigenvalue weighted by Crippen LogP contribution is 2.32. The molecule has 108 valence electrons. The Hall–Kier alpha value is -1.55. The number of nitrogens with one attached hydrogen (secondary N) is 1. The Balaban J connectivity index is 1.50. The first-order valence-electron chi connectivity index (χ1n) is 7.53. The number of nitrogens with zero attached hydrogens (tertiary/aromatic N) is 2. The maximum absolute atomic E-state index is 6.14. The molecule has 3 rings (SSSR count). The van der Waals surface area contributed by atoms with Crippen LogP contribution in [0.25, 0.3) is 0 Å². The standard InChI is InChI=1S/C16H23N3O/c1-19-11-5-10-17-16(19)18-12-14-8-9-15(20-14)13-6-3-2-4-7-13/h2-4,6-7,14-15H,5,8-12H2,1H3,(H,17,18)/t14-,15+/m1/s1. The van der Waals surface area contributed by atoms with Crippen LogP contribution < -0.4 is 5.32 Å². The molecule has 0 radical (unpaired) electrons. The molecule has 0 bridgehead atoms. The fourth-order valence-electron chi connectivity index (χ4n) is 2.88. The summed E-state index contributed by atoms with van der Waals surface area (Å²) in [5, 5.41) is 3.44. The Bertz CT molecular complexity index is 460. The Labute approximate surface area is 120 Å². The molecule has 4 nitrogen and oxygen atoms in total. The van der Waals surface area contributed by atoms with Crippen LogP contribution in [0.15, 0.2) is 35.3 Å². The highest BCUT2D eigenvalue weighted by Gasteiger charge is 2.26. The third-order valence-corrected chi connectivity index (χ3v) is 4.04. The lowest BCUT2D eigenvalue weighted by Gasteiger charge is -2.26. The molecule has 0 aliphatic carbocycles. The van der Waals surface area contributed by atoms with E-state index in [1.165, 1.54) is 5.56 Å². The van der Waals surface area contributed by atoms with Crippen LogP contribution in [0, 0.1) is 0 Å². The molecule has 1 aromatic rings. The summed E-state index contributed by atoms with van der Waals surface area (Å²) < 4.78 is 6.14. The highest BCUT2D eigenvalue weighted by atomic mass is 16.5. The maximum atomic E-state index is 6.14. The molecule has 0 saturated carbocycles. The highest BCUT2D eigenvalue weighted by molar-refractivity contribution is 5.80. The van der Waals surface area contributed by atoms with Crippen molar-refractivity contribution in [1.82, 2.24) is 10.2 Å². The van der Waals surface area contributed by atoms with Crippen LogP contribution in [0.5, 0.6) is 0 Å². The third kappa shape index (κ3) is 3.12.